The van der Waals surface area contributed by atoms with Crippen molar-refractivity contribution in [3.05, 3.63) is 29.2 Å². The van der Waals surface area contributed by atoms with Crippen LogP contribution in [-0.4, -0.2) is 21.9 Å². The second-order valence-electron chi connectivity index (χ2n) is 6.70. The molecule has 142 valence electrons. The fourth-order valence-corrected chi connectivity index (χ4v) is 4.48. The van der Waals surface area contributed by atoms with Gasteiger partial charge in [-0.3, -0.25) is 4.79 Å². The zero-order valence-electron chi connectivity index (χ0n) is 15.4. The first-order chi connectivity index (χ1) is 13.1. The number of nitriles is 1. The van der Waals surface area contributed by atoms with E-state index in [1.165, 1.54) is 31.0 Å². The quantitative estimate of drug-likeness (QED) is 0.534. The minimum atomic E-state index is -0.121. The number of nitrogens with one attached hydrogen (secondary N) is 1. The van der Waals surface area contributed by atoms with Gasteiger partial charge in [0.2, 0.25) is 11.8 Å². The van der Waals surface area contributed by atoms with Crippen molar-refractivity contribution in [2.75, 3.05) is 11.1 Å². The van der Waals surface area contributed by atoms with Gasteiger partial charge in [-0.25, -0.2) is 0 Å². The Morgan fingerprint density at radius 1 is 1.26 bits per heavy atom. The minimum absolute atomic E-state index is 0.121. The normalized spacial score (nSPS) is 14.7. The summed E-state index contributed by atoms with van der Waals surface area (Å²) < 4.78 is 5.74. The van der Waals surface area contributed by atoms with E-state index in [0.29, 0.717) is 17.0 Å². The lowest BCUT2D eigenvalue weighted by Crippen LogP contribution is -2.15. The van der Waals surface area contributed by atoms with Crippen molar-refractivity contribution in [2.24, 2.45) is 0 Å². The van der Waals surface area contributed by atoms with Crippen molar-refractivity contribution >= 4 is 35.1 Å². The van der Waals surface area contributed by atoms with Crippen LogP contribution in [0.2, 0.25) is 0 Å². The van der Waals surface area contributed by atoms with Gasteiger partial charge < -0.3 is 9.73 Å². The number of thiocyanates is 1. The molecule has 3 rings (SSSR count). The molecule has 1 saturated carbocycles. The van der Waals surface area contributed by atoms with Crippen LogP contribution in [-0.2, 0) is 4.79 Å². The zero-order valence-corrected chi connectivity index (χ0v) is 17.1. The monoisotopic (exact) mass is 402 g/mol. The highest BCUT2D eigenvalue weighted by Gasteiger charge is 2.21. The average molecular weight is 403 g/mol. The molecule has 1 amide bonds. The van der Waals surface area contributed by atoms with Crippen LogP contribution in [0, 0.1) is 24.5 Å². The molecule has 27 heavy (non-hydrogen) atoms. The van der Waals surface area contributed by atoms with E-state index in [-0.39, 0.29) is 11.7 Å². The third kappa shape index (κ3) is 5.27. The summed E-state index contributed by atoms with van der Waals surface area (Å²) in [5.41, 5.74) is 2.66. The summed E-state index contributed by atoms with van der Waals surface area (Å²) in [6.07, 6.45) is 5.91. The number of thioether (sulfide) groups is 2. The van der Waals surface area contributed by atoms with Gasteiger partial charge in [0, 0.05) is 16.5 Å². The molecular formula is C19H22N4O2S2. The number of anilines is 1. The number of benzene rings is 1. The molecule has 0 aliphatic heterocycles. The molecule has 1 aromatic heterocycles. The predicted octanol–water partition coefficient (Wildman–Crippen LogP) is 5.04. The van der Waals surface area contributed by atoms with E-state index < -0.39 is 0 Å². The van der Waals surface area contributed by atoms with E-state index in [1.54, 1.807) is 0 Å². The fourth-order valence-electron chi connectivity index (χ4n) is 3.33. The molecule has 0 unspecified atom stereocenters. The number of aromatic nitrogens is 2. The van der Waals surface area contributed by atoms with Crippen molar-refractivity contribution < 1.29 is 9.21 Å². The molecule has 1 N–H and O–H groups in total. The second kappa shape index (κ2) is 9.29. The van der Waals surface area contributed by atoms with Crippen molar-refractivity contribution in [3.8, 4) is 5.40 Å². The third-order valence-electron chi connectivity index (χ3n) is 4.64. The Balaban J connectivity index is 1.56. The van der Waals surface area contributed by atoms with Crippen molar-refractivity contribution in [1.29, 1.82) is 5.26 Å². The first kappa shape index (κ1) is 19.8. The third-order valence-corrected chi connectivity index (χ3v) is 6.02. The Hall–Kier alpha value is -1.98. The Bertz CT molecular complexity index is 831. The fraction of sp³-hybridized carbons (Fsp3) is 0.474. The summed E-state index contributed by atoms with van der Waals surface area (Å²) in [5.74, 6) is 1.16. The molecule has 8 heteroatoms. The van der Waals surface area contributed by atoms with Gasteiger partial charge in [0.05, 0.1) is 5.75 Å². The first-order valence-electron chi connectivity index (χ1n) is 9.00. The van der Waals surface area contributed by atoms with E-state index >= 15 is 0 Å². The molecule has 0 saturated heterocycles. The number of amides is 1. The van der Waals surface area contributed by atoms with Crippen molar-refractivity contribution in [3.63, 3.8) is 0 Å². The number of carbonyl (C=O) groups is 1. The molecule has 1 aromatic carbocycles. The number of aryl methyl sites for hydroxylation is 2. The topological polar surface area (TPSA) is 91.8 Å². The standard InChI is InChI=1S/C19H22N4O2S2/c1-12-8-15(27-11-20)9-13(2)17(12)21-16(24)10-26-19-23-22-18(25-19)14-6-4-3-5-7-14/h8-9,14H,3-7,10H2,1-2H3,(H,21,24). The van der Waals surface area contributed by atoms with Gasteiger partial charge in [0.15, 0.2) is 0 Å². The van der Waals surface area contributed by atoms with Crippen molar-refractivity contribution in [2.45, 2.75) is 62.0 Å². The molecular weight excluding hydrogens is 380 g/mol. The summed E-state index contributed by atoms with van der Waals surface area (Å²) in [4.78, 5) is 13.2. The summed E-state index contributed by atoms with van der Waals surface area (Å²) in [6.45, 7) is 3.84. The van der Waals surface area contributed by atoms with Crippen LogP contribution in [0.4, 0.5) is 5.69 Å². The highest BCUT2D eigenvalue weighted by atomic mass is 32.2. The van der Waals surface area contributed by atoms with Crippen LogP contribution in [0.3, 0.4) is 0 Å². The highest BCUT2D eigenvalue weighted by molar-refractivity contribution is 8.03. The highest BCUT2D eigenvalue weighted by Crippen LogP contribution is 2.33. The van der Waals surface area contributed by atoms with Crippen LogP contribution < -0.4 is 5.32 Å². The summed E-state index contributed by atoms with van der Waals surface area (Å²) in [5, 5.41) is 22.5. The van der Waals surface area contributed by atoms with Crippen molar-refractivity contribution in [1.82, 2.24) is 10.2 Å². The lowest BCUT2D eigenvalue weighted by Gasteiger charge is -2.17. The van der Waals surface area contributed by atoms with Crippen LogP contribution in [0.25, 0.3) is 0 Å². The van der Waals surface area contributed by atoms with E-state index in [1.807, 2.05) is 26.0 Å². The number of hydrogen-bond acceptors (Lipinski definition) is 7. The van der Waals surface area contributed by atoms with Gasteiger partial charge in [0.25, 0.3) is 5.22 Å². The molecule has 1 aliphatic carbocycles. The smallest absolute Gasteiger partial charge is 0.277 e. The minimum Gasteiger partial charge on any atom is -0.416 e. The van der Waals surface area contributed by atoms with Gasteiger partial charge in [-0.15, -0.1) is 10.2 Å². The SMILES string of the molecule is Cc1cc(SC#N)cc(C)c1NC(=O)CSc1nnc(C2CCCCC2)o1. The van der Waals surface area contributed by atoms with Gasteiger partial charge in [-0.05, 0) is 61.7 Å². The van der Waals surface area contributed by atoms with Crippen LogP contribution in [0.15, 0.2) is 26.7 Å². The number of nitrogens with zero attached hydrogens (tertiary/aromatic N) is 3. The summed E-state index contributed by atoms with van der Waals surface area (Å²) >= 11 is 2.37. The van der Waals surface area contributed by atoms with Crippen LogP contribution in [0.5, 0.6) is 0 Å². The molecule has 1 fully saturated rings. The largest absolute Gasteiger partial charge is 0.416 e. The Morgan fingerprint density at radius 2 is 1.96 bits per heavy atom. The molecule has 2 aromatic rings. The molecule has 1 heterocycles. The molecule has 0 radical (unpaired) electrons. The Morgan fingerprint density at radius 3 is 2.63 bits per heavy atom. The van der Waals surface area contributed by atoms with Crippen LogP contribution >= 0.6 is 23.5 Å². The molecule has 1 aliphatic rings. The van der Waals surface area contributed by atoms with Gasteiger partial charge in [-0.2, -0.15) is 5.26 Å². The molecule has 6 nitrogen and oxygen atoms in total. The summed E-state index contributed by atoms with van der Waals surface area (Å²) in [6, 6.07) is 3.80. The number of rotatable bonds is 6. The van der Waals surface area contributed by atoms with E-state index in [2.05, 4.69) is 20.9 Å². The molecule has 0 spiro atoms. The lowest BCUT2D eigenvalue weighted by molar-refractivity contribution is -0.113. The molecule has 0 atom stereocenters. The van der Waals surface area contributed by atoms with Gasteiger partial charge in [-0.1, -0.05) is 31.0 Å². The van der Waals surface area contributed by atoms with E-state index in [9.17, 15) is 4.79 Å². The first-order valence-corrected chi connectivity index (χ1v) is 10.8. The summed E-state index contributed by atoms with van der Waals surface area (Å²) in [7, 11) is 0. The predicted molar refractivity (Wildman–Crippen MR) is 107 cm³/mol. The number of carbonyl (C=O) groups excluding carboxylic acids is 1. The maximum absolute atomic E-state index is 12.3. The number of hydrogen-bond donors (Lipinski definition) is 1. The van der Waals surface area contributed by atoms with Gasteiger partial charge >= 0.3 is 0 Å². The molecule has 0 bridgehead atoms. The average Bonchev–Trinajstić information content (AvgIpc) is 3.13. The van der Waals surface area contributed by atoms with Crippen LogP contribution in [0.1, 0.15) is 55.0 Å². The van der Waals surface area contributed by atoms with Gasteiger partial charge in [0.1, 0.15) is 5.40 Å². The lowest BCUT2D eigenvalue weighted by atomic mass is 9.89. The Kier molecular flexibility index (Phi) is 6.80. The van der Waals surface area contributed by atoms with E-state index in [0.717, 1.165) is 46.3 Å². The maximum atomic E-state index is 12.3. The zero-order chi connectivity index (χ0) is 19.2. The van der Waals surface area contributed by atoms with E-state index in [4.69, 9.17) is 9.68 Å². The Labute approximate surface area is 167 Å². The second-order valence-corrected chi connectivity index (χ2v) is 8.49. The maximum Gasteiger partial charge on any atom is 0.277 e.